The molecule has 108 valence electrons. The third kappa shape index (κ3) is 2.85. The van der Waals surface area contributed by atoms with Crippen molar-refractivity contribution in [2.45, 2.75) is 52.1 Å². The normalized spacial score (nSPS) is 35.5. The van der Waals surface area contributed by atoms with Gasteiger partial charge in [-0.05, 0) is 38.0 Å². The van der Waals surface area contributed by atoms with Crippen molar-refractivity contribution in [3.63, 3.8) is 0 Å². The summed E-state index contributed by atoms with van der Waals surface area (Å²) in [5, 5.41) is 9.32. The number of amides is 2. The molecule has 5 nitrogen and oxygen atoms in total. The monoisotopic (exact) mass is 268 g/mol. The van der Waals surface area contributed by atoms with Gasteiger partial charge < -0.3 is 14.9 Å². The highest BCUT2D eigenvalue weighted by Crippen LogP contribution is 2.28. The molecule has 0 spiro atoms. The number of hydrogen-bond donors (Lipinski definition) is 1. The molecule has 2 aliphatic heterocycles. The van der Waals surface area contributed by atoms with Crippen molar-refractivity contribution in [3.05, 3.63) is 0 Å². The third-order valence-electron chi connectivity index (χ3n) is 4.43. The molecule has 0 radical (unpaired) electrons. The number of carbonyl (C=O) groups is 2. The number of carboxylic acids is 1. The summed E-state index contributed by atoms with van der Waals surface area (Å²) < 4.78 is 0. The molecule has 4 unspecified atom stereocenters. The molecule has 0 aromatic heterocycles. The molecular weight excluding hydrogens is 244 g/mol. The maximum absolute atomic E-state index is 12.6. The van der Waals surface area contributed by atoms with Gasteiger partial charge in [-0.1, -0.05) is 13.8 Å². The molecule has 0 aromatic rings. The van der Waals surface area contributed by atoms with Gasteiger partial charge >= 0.3 is 12.0 Å². The van der Waals surface area contributed by atoms with E-state index in [4.69, 9.17) is 0 Å². The van der Waals surface area contributed by atoms with Crippen molar-refractivity contribution in [2.24, 2.45) is 11.8 Å². The van der Waals surface area contributed by atoms with E-state index in [1.54, 1.807) is 4.90 Å². The highest BCUT2D eigenvalue weighted by Gasteiger charge is 2.39. The molecule has 2 saturated heterocycles. The molecule has 2 fully saturated rings. The van der Waals surface area contributed by atoms with Crippen molar-refractivity contribution < 1.29 is 14.7 Å². The Kier molecular flexibility index (Phi) is 4.02. The first-order chi connectivity index (χ1) is 8.90. The van der Waals surface area contributed by atoms with Gasteiger partial charge in [0.25, 0.3) is 0 Å². The second-order valence-electron chi connectivity index (χ2n) is 6.30. The maximum Gasteiger partial charge on any atom is 0.326 e. The van der Waals surface area contributed by atoms with Crippen LogP contribution in [-0.2, 0) is 4.79 Å². The van der Waals surface area contributed by atoms with E-state index in [-0.39, 0.29) is 12.1 Å². The van der Waals surface area contributed by atoms with Crippen molar-refractivity contribution in [3.8, 4) is 0 Å². The number of carboxylic acid groups (broad SMARTS) is 1. The van der Waals surface area contributed by atoms with Crippen LogP contribution in [0.1, 0.15) is 40.0 Å². The predicted molar refractivity (Wildman–Crippen MR) is 71.9 cm³/mol. The Labute approximate surface area is 114 Å². The molecule has 0 aromatic carbocycles. The zero-order chi connectivity index (χ0) is 14.2. The van der Waals surface area contributed by atoms with Gasteiger partial charge in [-0.25, -0.2) is 9.59 Å². The second kappa shape index (κ2) is 5.39. The minimum Gasteiger partial charge on any atom is -0.480 e. The lowest BCUT2D eigenvalue weighted by molar-refractivity contribution is -0.144. The summed E-state index contributed by atoms with van der Waals surface area (Å²) in [5.74, 6) is 0.00539. The van der Waals surface area contributed by atoms with Gasteiger partial charge in [0.05, 0.1) is 0 Å². The fourth-order valence-electron chi connectivity index (χ4n) is 3.34. The van der Waals surface area contributed by atoms with Crippen molar-refractivity contribution >= 4 is 12.0 Å². The smallest absolute Gasteiger partial charge is 0.326 e. The van der Waals surface area contributed by atoms with E-state index in [2.05, 4.69) is 13.8 Å². The lowest BCUT2D eigenvalue weighted by Crippen LogP contribution is -2.55. The Hall–Kier alpha value is -1.26. The first-order valence-corrected chi connectivity index (χ1v) is 7.20. The highest BCUT2D eigenvalue weighted by molar-refractivity contribution is 5.83. The zero-order valence-electron chi connectivity index (χ0n) is 12.0. The zero-order valence-corrected chi connectivity index (χ0v) is 12.0. The lowest BCUT2D eigenvalue weighted by Gasteiger charge is -2.39. The number of piperidine rings is 1. The van der Waals surface area contributed by atoms with Crippen LogP contribution in [-0.4, -0.2) is 52.1 Å². The summed E-state index contributed by atoms with van der Waals surface area (Å²) in [6.07, 6.45) is 2.47. The SMILES string of the molecule is CC1CCN(C(=O)N2CC(C)CC2C)C(C(=O)O)C1. The quantitative estimate of drug-likeness (QED) is 0.791. The molecule has 0 bridgehead atoms. The number of aliphatic carboxylic acids is 1. The summed E-state index contributed by atoms with van der Waals surface area (Å²) >= 11 is 0. The second-order valence-corrected chi connectivity index (χ2v) is 6.30. The molecule has 2 amide bonds. The molecule has 2 heterocycles. The average Bonchev–Trinajstić information content (AvgIpc) is 2.67. The molecular formula is C14H24N2O3. The fraction of sp³-hybridized carbons (Fsp3) is 0.857. The van der Waals surface area contributed by atoms with E-state index in [0.29, 0.717) is 24.8 Å². The van der Waals surface area contributed by atoms with Gasteiger partial charge in [-0.3, -0.25) is 0 Å². The fourth-order valence-corrected chi connectivity index (χ4v) is 3.34. The Morgan fingerprint density at radius 1 is 1.05 bits per heavy atom. The van der Waals surface area contributed by atoms with Crippen LogP contribution in [0.25, 0.3) is 0 Å². The summed E-state index contributed by atoms with van der Waals surface area (Å²) in [4.78, 5) is 27.3. The Morgan fingerprint density at radius 3 is 2.26 bits per heavy atom. The Morgan fingerprint density at radius 2 is 1.74 bits per heavy atom. The van der Waals surface area contributed by atoms with Crippen molar-refractivity contribution in [2.75, 3.05) is 13.1 Å². The molecule has 2 rings (SSSR count). The summed E-state index contributed by atoms with van der Waals surface area (Å²) in [7, 11) is 0. The number of rotatable bonds is 1. The van der Waals surface area contributed by atoms with Gasteiger partial charge in [-0.2, -0.15) is 0 Å². The van der Waals surface area contributed by atoms with Crippen LogP contribution in [0.3, 0.4) is 0 Å². The minimum absolute atomic E-state index is 0.0869. The van der Waals surface area contributed by atoms with E-state index in [1.807, 2.05) is 11.8 Å². The number of nitrogens with zero attached hydrogens (tertiary/aromatic N) is 2. The lowest BCUT2D eigenvalue weighted by atomic mass is 9.92. The number of urea groups is 1. The van der Waals surface area contributed by atoms with Crippen LogP contribution in [0.5, 0.6) is 0 Å². The molecule has 5 heteroatoms. The van der Waals surface area contributed by atoms with Gasteiger partial charge in [-0.15, -0.1) is 0 Å². The van der Waals surface area contributed by atoms with E-state index in [9.17, 15) is 14.7 Å². The van der Waals surface area contributed by atoms with E-state index >= 15 is 0 Å². The van der Waals surface area contributed by atoms with E-state index in [1.165, 1.54) is 0 Å². The van der Waals surface area contributed by atoms with Crippen molar-refractivity contribution in [1.29, 1.82) is 0 Å². The Bertz CT molecular complexity index is 372. The number of hydrogen-bond acceptors (Lipinski definition) is 2. The van der Waals surface area contributed by atoms with Crippen LogP contribution in [0.15, 0.2) is 0 Å². The molecule has 19 heavy (non-hydrogen) atoms. The van der Waals surface area contributed by atoms with Crippen LogP contribution >= 0.6 is 0 Å². The van der Waals surface area contributed by atoms with Crippen molar-refractivity contribution in [1.82, 2.24) is 9.80 Å². The van der Waals surface area contributed by atoms with Crippen LogP contribution in [0.2, 0.25) is 0 Å². The highest BCUT2D eigenvalue weighted by atomic mass is 16.4. The van der Waals surface area contributed by atoms with Gasteiger partial charge in [0.1, 0.15) is 6.04 Å². The standard InChI is InChI=1S/C14H24N2O3/c1-9-4-5-15(12(7-9)13(17)18)14(19)16-8-10(2)6-11(16)3/h9-12H,4-8H2,1-3H3,(H,17,18). The Balaban J connectivity index is 2.10. The number of carbonyl (C=O) groups excluding carboxylic acids is 1. The topological polar surface area (TPSA) is 60.9 Å². The van der Waals surface area contributed by atoms with Crippen LogP contribution in [0, 0.1) is 11.8 Å². The largest absolute Gasteiger partial charge is 0.480 e. The van der Waals surface area contributed by atoms with Gasteiger partial charge in [0, 0.05) is 19.1 Å². The van der Waals surface area contributed by atoms with Crippen LogP contribution < -0.4 is 0 Å². The third-order valence-corrected chi connectivity index (χ3v) is 4.43. The molecule has 0 saturated carbocycles. The average molecular weight is 268 g/mol. The first kappa shape index (κ1) is 14.2. The maximum atomic E-state index is 12.6. The van der Waals surface area contributed by atoms with Crippen LogP contribution in [0.4, 0.5) is 4.79 Å². The van der Waals surface area contributed by atoms with Gasteiger partial charge in [0.15, 0.2) is 0 Å². The minimum atomic E-state index is -0.875. The summed E-state index contributed by atoms with van der Waals surface area (Å²) in [6.45, 7) is 7.55. The summed E-state index contributed by atoms with van der Waals surface area (Å²) in [5.41, 5.74) is 0. The molecule has 1 N–H and O–H groups in total. The van der Waals surface area contributed by atoms with E-state index in [0.717, 1.165) is 19.4 Å². The predicted octanol–water partition coefficient (Wildman–Crippen LogP) is 2.02. The number of likely N-dealkylation sites (tertiary alicyclic amines) is 2. The summed E-state index contributed by atoms with van der Waals surface area (Å²) in [6, 6.07) is -0.521. The van der Waals surface area contributed by atoms with Gasteiger partial charge in [0.2, 0.25) is 0 Å². The van der Waals surface area contributed by atoms with E-state index < -0.39 is 12.0 Å². The molecule has 0 aliphatic carbocycles. The molecule has 4 atom stereocenters. The first-order valence-electron chi connectivity index (χ1n) is 7.20. The molecule has 2 aliphatic rings.